The summed E-state index contributed by atoms with van der Waals surface area (Å²) in [5.41, 5.74) is 4.25. The van der Waals surface area contributed by atoms with E-state index in [0.29, 0.717) is 11.8 Å². The summed E-state index contributed by atoms with van der Waals surface area (Å²) in [6.45, 7) is 50.4. The first-order valence-electron chi connectivity index (χ1n) is 14.9. The lowest BCUT2D eigenvalue weighted by Crippen LogP contribution is -2.63. The predicted molar refractivity (Wildman–Crippen MR) is 159 cm³/mol. The van der Waals surface area contributed by atoms with Crippen molar-refractivity contribution < 1.29 is 0 Å². The van der Waals surface area contributed by atoms with E-state index in [0.717, 1.165) is 12.8 Å². The van der Waals surface area contributed by atoms with E-state index >= 15 is 0 Å². The average molecular weight is 485 g/mol. The zero-order valence-corrected chi connectivity index (χ0v) is 27.1. The van der Waals surface area contributed by atoms with Crippen LogP contribution in [0.15, 0.2) is 24.3 Å². The quantitative estimate of drug-likeness (QED) is 0.329. The predicted octanol–water partition coefficient (Wildman–Crippen LogP) is 11.5. The average Bonchev–Trinajstić information content (AvgIpc) is 2.87. The van der Waals surface area contributed by atoms with Crippen LogP contribution in [-0.4, -0.2) is 0 Å². The van der Waals surface area contributed by atoms with Gasteiger partial charge >= 0.3 is 0 Å². The molecule has 0 heterocycles. The van der Waals surface area contributed by atoms with E-state index in [-0.39, 0.29) is 43.3 Å². The topological polar surface area (TPSA) is 0 Å². The van der Waals surface area contributed by atoms with Gasteiger partial charge in [-0.3, -0.25) is 0 Å². The third-order valence-electron chi connectivity index (χ3n) is 14.6. The van der Waals surface area contributed by atoms with E-state index in [2.05, 4.69) is 111 Å². The molecule has 0 heteroatoms. The van der Waals surface area contributed by atoms with Crippen LogP contribution in [0.3, 0.4) is 0 Å². The molecule has 7 atom stereocenters. The van der Waals surface area contributed by atoms with Gasteiger partial charge in [0, 0.05) is 5.41 Å². The van der Waals surface area contributed by atoms with E-state index < -0.39 is 0 Å². The van der Waals surface area contributed by atoms with Crippen LogP contribution >= 0.6 is 0 Å². The maximum Gasteiger partial charge on any atom is 0.00205 e. The fourth-order valence-corrected chi connectivity index (χ4v) is 11.1. The molecule has 35 heavy (non-hydrogen) atoms. The van der Waals surface area contributed by atoms with Gasteiger partial charge in [0.25, 0.3) is 0 Å². The van der Waals surface area contributed by atoms with Crippen molar-refractivity contribution in [1.82, 2.24) is 0 Å². The SMILES string of the molecule is C=C1C(C)C(=C)[C@@](CC)(C(C)(C)C)[C@](C)(CC)C1[C@]1(C)C[C@](C)(C(C)(C)CC)[C@@](C)(CC)C1(C)C. The van der Waals surface area contributed by atoms with Crippen LogP contribution in [0.2, 0.25) is 0 Å². The largest absolute Gasteiger partial charge is 0.0989 e. The van der Waals surface area contributed by atoms with Crippen LogP contribution in [-0.2, 0) is 0 Å². The summed E-state index contributed by atoms with van der Waals surface area (Å²) in [5.74, 6) is 0.806. The molecule has 0 saturated heterocycles. The molecule has 0 N–H and O–H groups in total. The number of rotatable bonds is 6. The lowest BCUT2D eigenvalue weighted by atomic mass is 9.34. The van der Waals surface area contributed by atoms with Crippen molar-refractivity contribution >= 4 is 0 Å². The molecule has 0 aromatic heterocycles. The van der Waals surface area contributed by atoms with Gasteiger partial charge in [-0.25, -0.2) is 0 Å². The molecule has 2 aliphatic carbocycles. The van der Waals surface area contributed by atoms with Gasteiger partial charge in [0.05, 0.1) is 0 Å². The molecule has 0 amide bonds. The molecular formula is C35H64. The molecule has 0 aromatic rings. The normalized spacial score (nSPS) is 44.7. The second-order valence-electron chi connectivity index (χ2n) is 16.0. The molecule has 0 aliphatic heterocycles. The molecule has 0 radical (unpaired) electrons. The van der Waals surface area contributed by atoms with E-state index in [4.69, 9.17) is 13.2 Å². The molecule has 2 rings (SSSR count). The molecule has 2 fully saturated rings. The Balaban J connectivity index is 3.03. The monoisotopic (exact) mass is 485 g/mol. The van der Waals surface area contributed by atoms with Crippen LogP contribution in [0.25, 0.3) is 0 Å². The van der Waals surface area contributed by atoms with Crippen LogP contribution in [0.5, 0.6) is 0 Å². The minimum Gasteiger partial charge on any atom is -0.0989 e. The molecular weight excluding hydrogens is 420 g/mol. The van der Waals surface area contributed by atoms with E-state index in [1.54, 1.807) is 0 Å². The fourth-order valence-electron chi connectivity index (χ4n) is 11.1. The third-order valence-corrected chi connectivity index (χ3v) is 14.6. The summed E-state index contributed by atoms with van der Waals surface area (Å²) in [6, 6.07) is 0. The van der Waals surface area contributed by atoms with E-state index in [1.807, 2.05) is 0 Å². The van der Waals surface area contributed by atoms with Gasteiger partial charge in [0.2, 0.25) is 0 Å². The van der Waals surface area contributed by atoms with Crippen molar-refractivity contribution in [2.45, 2.75) is 143 Å². The maximum atomic E-state index is 4.95. The molecule has 0 spiro atoms. The van der Waals surface area contributed by atoms with Crippen LogP contribution in [0.4, 0.5) is 0 Å². The molecule has 2 saturated carbocycles. The Kier molecular flexibility index (Phi) is 7.45. The molecule has 2 unspecified atom stereocenters. The van der Waals surface area contributed by atoms with Gasteiger partial charge in [-0.2, -0.15) is 0 Å². The molecule has 0 bridgehead atoms. The number of hydrogen-bond acceptors (Lipinski definition) is 0. The first-order chi connectivity index (χ1) is 15.5. The Morgan fingerprint density at radius 2 is 1.29 bits per heavy atom. The molecule has 0 aromatic carbocycles. The first kappa shape index (κ1) is 30.7. The second kappa shape index (κ2) is 8.50. The van der Waals surface area contributed by atoms with Crippen LogP contribution in [0, 0.1) is 55.2 Å². The highest BCUT2D eigenvalue weighted by Gasteiger charge is 2.76. The molecule has 0 nitrogen and oxygen atoms in total. The highest BCUT2D eigenvalue weighted by molar-refractivity contribution is 5.40. The zero-order chi connectivity index (χ0) is 27.8. The summed E-state index contributed by atoms with van der Waals surface area (Å²) in [4.78, 5) is 0. The standard InChI is InChI=1S/C35H64/c1-19-29(11,12)34(18)23-32(16,30(13,14)33(34,17)21-3)27-25(6)24(5)26(7)35(22-4,28(8,9)10)31(27,15)20-2/h24,27H,6-7,19-23H2,1-5,8-18H3/t24?,27?,31-,32+,33+,34-,35+/m1/s1. The van der Waals surface area contributed by atoms with Crippen LogP contribution in [0.1, 0.15) is 143 Å². The van der Waals surface area contributed by atoms with Gasteiger partial charge in [-0.15, -0.1) is 0 Å². The third kappa shape index (κ3) is 3.22. The Morgan fingerprint density at radius 1 is 0.800 bits per heavy atom. The Hall–Kier alpha value is -0.520. The second-order valence-corrected chi connectivity index (χ2v) is 16.0. The van der Waals surface area contributed by atoms with E-state index in [1.165, 1.54) is 30.4 Å². The lowest BCUT2D eigenvalue weighted by molar-refractivity contribution is -0.146. The highest BCUT2D eigenvalue weighted by atomic mass is 14.8. The minimum atomic E-state index is 0.0704. The van der Waals surface area contributed by atoms with Gasteiger partial charge in [-0.05, 0) is 75.4 Å². The van der Waals surface area contributed by atoms with Crippen molar-refractivity contribution in [1.29, 1.82) is 0 Å². The Bertz CT molecular complexity index is 848. The van der Waals surface area contributed by atoms with Gasteiger partial charge in [0.15, 0.2) is 0 Å². The molecule has 204 valence electrons. The van der Waals surface area contributed by atoms with Crippen molar-refractivity contribution in [3.05, 3.63) is 24.3 Å². The van der Waals surface area contributed by atoms with Gasteiger partial charge in [0.1, 0.15) is 0 Å². The number of allylic oxidation sites excluding steroid dienone is 2. The van der Waals surface area contributed by atoms with E-state index in [9.17, 15) is 0 Å². The highest BCUT2D eigenvalue weighted by Crippen LogP contribution is 2.82. The summed E-state index contributed by atoms with van der Waals surface area (Å²) < 4.78 is 0. The fraction of sp³-hybridized carbons (Fsp3) is 0.886. The smallest absolute Gasteiger partial charge is 0.00205 e. The summed E-state index contributed by atoms with van der Waals surface area (Å²) in [7, 11) is 0. The molecule has 2 aliphatic rings. The zero-order valence-electron chi connectivity index (χ0n) is 27.1. The Morgan fingerprint density at radius 3 is 1.63 bits per heavy atom. The van der Waals surface area contributed by atoms with Crippen LogP contribution < -0.4 is 0 Å². The van der Waals surface area contributed by atoms with Gasteiger partial charge < -0.3 is 0 Å². The minimum absolute atomic E-state index is 0.0704. The number of hydrogen-bond donors (Lipinski definition) is 0. The van der Waals surface area contributed by atoms with Gasteiger partial charge in [-0.1, -0.05) is 142 Å². The first-order valence-corrected chi connectivity index (χ1v) is 14.9. The summed E-state index contributed by atoms with van der Waals surface area (Å²) >= 11 is 0. The summed E-state index contributed by atoms with van der Waals surface area (Å²) in [6.07, 6.45) is 6.01. The van der Waals surface area contributed by atoms with Crippen molar-refractivity contribution in [3.63, 3.8) is 0 Å². The van der Waals surface area contributed by atoms with Crippen molar-refractivity contribution in [2.24, 2.45) is 55.2 Å². The van der Waals surface area contributed by atoms with Crippen molar-refractivity contribution in [3.8, 4) is 0 Å². The lowest BCUT2D eigenvalue weighted by Gasteiger charge is -2.69. The van der Waals surface area contributed by atoms with Crippen molar-refractivity contribution in [2.75, 3.05) is 0 Å². The maximum absolute atomic E-state index is 4.95. The summed E-state index contributed by atoms with van der Waals surface area (Å²) in [5, 5.41) is 0. The Labute approximate surface area is 222 Å².